The largest absolute Gasteiger partial charge is 0.466 e. The fraction of sp³-hybridized carbons (Fsp3) is 0.333. The first-order valence-corrected chi connectivity index (χ1v) is 8.62. The van der Waals surface area contributed by atoms with Crippen LogP contribution in [0.25, 0.3) is 10.8 Å². The molecule has 27 heavy (non-hydrogen) atoms. The Labute approximate surface area is 158 Å². The molecule has 1 fully saturated rings. The summed E-state index contributed by atoms with van der Waals surface area (Å²) in [6.45, 7) is 1.35. The lowest BCUT2D eigenvalue weighted by Crippen LogP contribution is -2.73. The van der Waals surface area contributed by atoms with Gasteiger partial charge in [-0.05, 0) is 35.5 Å². The van der Waals surface area contributed by atoms with Crippen molar-refractivity contribution in [2.24, 2.45) is 5.92 Å². The van der Waals surface area contributed by atoms with E-state index in [0.29, 0.717) is 10.9 Å². The summed E-state index contributed by atoms with van der Waals surface area (Å²) in [6, 6.07) is 10.9. The first-order chi connectivity index (χ1) is 12.7. The van der Waals surface area contributed by atoms with E-state index in [1.165, 1.54) is 6.92 Å². The van der Waals surface area contributed by atoms with E-state index < -0.39 is 34.9 Å². The smallest absolute Gasteiger partial charge is 0.437 e. The van der Waals surface area contributed by atoms with Crippen LogP contribution in [0.1, 0.15) is 18.5 Å². The average molecular weight is 398 g/mol. The summed E-state index contributed by atoms with van der Waals surface area (Å²) in [4.78, 5) is 12.5. The summed E-state index contributed by atoms with van der Waals surface area (Å²) in [5.41, 5.74) is -3.17. The first kappa shape index (κ1) is 19.4. The fourth-order valence-corrected chi connectivity index (χ4v) is 3.60. The summed E-state index contributed by atoms with van der Waals surface area (Å²) in [5.74, 6) is -3.19. The van der Waals surface area contributed by atoms with Gasteiger partial charge in [-0.25, -0.2) is 0 Å². The van der Waals surface area contributed by atoms with Crippen molar-refractivity contribution >= 4 is 34.1 Å². The van der Waals surface area contributed by atoms with Crippen LogP contribution in [0.4, 0.5) is 13.2 Å². The molecule has 0 aromatic heterocycles. The van der Waals surface area contributed by atoms with Crippen LogP contribution < -0.4 is 10.6 Å². The van der Waals surface area contributed by atoms with Gasteiger partial charge in [0.25, 0.3) is 5.72 Å². The van der Waals surface area contributed by atoms with Crippen LogP contribution in [0.2, 0.25) is 0 Å². The van der Waals surface area contributed by atoms with Crippen LogP contribution in [0.15, 0.2) is 42.5 Å². The number of esters is 1. The van der Waals surface area contributed by atoms with Crippen LogP contribution in [-0.4, -0.2) is 34.7 Å². The van der Waals surface area contributed by atoms with Crippen molar-refractivity contribution in [1.82, 2.24) is 10.6 Å². The van der Waals surface area contributed by atoms with Crippen molar-refractivity contribution in [3.05, 3.63) is 48.0 Å². The molecule has 144 valence electrons. The highest BCUT2D eigenvalue weighted by atomic mass is 32.1. The van der Waals surface area contributed by atoms with E-state index in [1.54, 1.807) is 42.5 Å². The number of ether oxygens (including phenoxy) is 1. The van der Waals surface area contributed by atoms with Crippen LogP contribution in [0.3, 0.4) is 0 Å². The summed E-state index contributed by atoms with van der Waals surface area (Å²) in [7, 11) is 0. The highest BCUT2D eigenvalue weighted by Crippen LogP contribution is 2.44. The number of thiocarbonyl (C=S) groups is 1. The minimum Gasteiger partial charge on any atom is -0.466 e. The van der Waals surface area contributed by atoms with Crippen LogP contribution in [0, 0.1) is 5.92 Å². The average Bonchev–Trinajstić information content (AvgIpc) is 2.59. The molecular formula is C18H17F3N2O3S. The minimum atomic E-state index is -5.17. The number of fused-ring (bicyclic) bond motifs is 1. The van der Waals surface area contributed by atoms with Crippen molar-refractivity contribution in [1.29, 1.82) is 0 Å². The van der Waals surface area contributed by atoms with Gasteiger partial charge >= 0.3 is 12.1 Å². The SMILES string of the molecule is CCOC(=O)[C@@H]1[C@H](c2cccc3ccccc23)NC(=S)N[C@@]1(O)C(F)(F)F. The molecule has 0 unspecified atom stereocenters. The molecule has 5 nitrogen and oxygen atoms in total. The van der Waals surface area contributed by atoms with Crippen LogP contribution in [0.5, 0.6) is 0 Å². The molecule has 0 radical (unpaired) electrons. The molecular weight excluding hydrogens is 381 g/mol. The number of carbonyl (C=O) groups is 1. The minimum absolute atomic E-state index is 0.129. The Bertz CT molecular complexity index is 884. The van der Waals surface area contributed by atoms with Crippen molar-refractivity contribution in [2.75, 3.05) is 6.61 Å². The van der Waals surface area contributed by atoms with Crippen LogP contribution in [-0.2, 0) is 9.53 Å². The number of alkyl halides is 3. The maximum Gasteiger partial charge on any atom is 0.437 e. The van der Waals surface area contributed by atoms with E-state index in [4.69, 9.17) is 17.0 Å². The van der Waals surface area contributed by atoms with E-state index in [0.717, 1.165) is 5.39 Å². The molecule has 0 saturated carbocycles. The quantitative estimate of drug-likeness (QED) is 0.546. The Morgan fingerprint density at radius 1 is 1.26 bits per heavy atom. The van der Waals surface area contributed by atoms with Gasteiger partial charge in [0.1, 0.15) is 5.92 Å². The highest BCUT2D eigenvalue weighted by molar-refractivity contribution is 7.80. The standard InChI is InChI=1S/C18H17F3N2O3S/c1-2-26-15(24)13-14(22-16(27)23-17(13,25)18(19,20)21)12-9-5-7-10-6-3-4-8-11(10)12/h3-9,13-14,25H,2H2,1H3,(H2,22,23,27)/t13-,14-,17-/m0/s1. The van der Waals surface area contributed by atoms with Crippen molar-refractivity contribution in [3.63, 3.8) is 0 Å². The summed E-state index contributed by atoms with van der Waals surface area (Å²) in [6.07, 6.45) is -5.17. The van der Waals surface area contributed by atoms with Crippen LogP contribution >= 0.6 is 12.2 Å². The maximum atomic E-state index is 13.7. The number of nitrogens with one attached hydrogen (secondary N) is 2. The first-order valence-electron chi connectivity index (χ1n) is 8.21. The van der Waals surface area contributed by atoms with Gasteiger partial charge in [-0.2, -0.15) is 13.2 Å². The summed E-state index contributed by atoms with van der Waals surface area (Å²) in [5, 5.41) is 16.0. The van der Waals surface area contributed by atoms with Gasteiger partial charge in [0.2, 0.25) is 0 Å². The van der Waals surface area contributed by atoms with Gasteiger partial charge < -0.3 is 20.5 Å². The number of halogens is 3. The molecule has 2 aromatic rings. The topological polar surface area (TPSA) is 70.6 Å². The Morgan fingerprint density at radius 3 is 2.59 bits per heavy atom. The maximum absolute atomic E-state index is 13.7. The molecule has 0 amide bonds. The Hall–Kier alpha value is -2.39. The number of hydrogen-bond acceptors (Lipinski definition) is 4. The molecule has 0 bridgehead atoms. The van der Waals surface area contributed by atoms with Gasteiger partial charge in [-0.15, -0.1) is 0 Å². The lowest BCUT2D eigenvalue weighted by Gasteiger charge is -2.45. The number of rotatable bonds is 3. The lowest BCUT2D eigenvalue weighted by molar-refractivity contribution is -0.292. The molecule has 0 spiro atoms. The molecule has 1 aliphatic rings. The van der Waals surface area contributed by atoms with Crippen molar-refractivity contribution in [2.45, 2.75) is 24.9 Å². The molecule has 0 aliphatic carbocycles. The second-order valence-corrected chi connectivity index (χ2v) is 6.55. The zero-order valence-electron chi connectivity index (χ0n) is 14.2. The molecule has 9 heteroatoms. The molecule has 3 rings (SSSR count). The van der Waals surface area contributed by atoms with Crippen molar-refractivity contribution in [3.8, 4) is 0 Å². The Morgan fingerprint density at radius 2 is 1.93 bits per heavy atom. The zero-order valence-corrected chi connectivity index (χ0v) is 15.0. The van der Waals surface area contributed by atoms with E-state index in [-0.39, 0.29) is 6.61 Å². The second kappa shape index (κ2) is 6.97. The second-order valence-electron chi connectivity index (χ2n) is 6.14. The number of benzene rings is 2. The van der Waals surface area contributed by atoms with Gasteiger partial charge in [0, 0.05) is 0 Å². The molecule has 3 atom stereocenters. The fourth-order valence-electron chi connectivity index (χ4n) is 3.32. The molecule has 1 aliphatic heterocycles. The van der Waals surface area contributed by atoms with E-state index in [2.05, 4.69) is 5.32 Å². The third-order valence-corrected chi connectivity index (χ3v) is 4.73. The van der Waals surface area contributed by atoms with Crippen molar-refractivity contribution < 1.29 is 27.8 Å². The zero-order chi connectivity index (χ0) is 19.8. The molecule has 3 N–H and O–H groups in total. The molecule has 1 heterocycles. The third-order valence-electron chi connectivity index (χ3n) is 4.51. The monoisotopic (exact) mass is 398 g/mol. The Balaban J connectivity index is 2.21. The number of carbonyl (C=O) groups excluding carboxylic acids is 1. The van der Waals surface area contributed by atoms with Gasteiger partial charge in [0.15, 0.2) is 5.11 Å². The van der Waals surface area contributed by atoms with Gasteiger partial charge in [-0.3, -0.25) is 4.79 Å². The molecule has 1 saturated heterocycles. The van der Waals surface area contributed by atoms with E-state index >= 15 is 0 Å². The normalized spacial score (nSPS) is 25.6. The van der Waals surface area contributed by atoms with Gasteiger partial charge in [0.05, 0.1) is 12.6 Å². The van der Waals surface area contributed by atoms with E-state index in [1.807, 2.05) is 5.32 Å². The predicted octanol–water partition coefficient (Wildman–Crippen LogP) is 2.79. The highest BCUT2D eigenvalue weighted by Gasteiger charge is 2.66. The summed E-state index contributed by atoms with van der Waals surface area (Å²) < 4.78 is 46.1. The summed E-state index contributed by atoms with van der Waals surface area (Å²) >= 11 is 4.89. The third kappa shape index (κ3) is 3.32. The molecule has 2 aromatic carbocycles. The lowest BCUT2D eigenvalue weighted by atomic mass is 9.80. The number of hydrogen-bond donors (Lipinski definition) is 3. The predicted molar refractivity (Wildman–Crippen MR) is 96.7 cm³/mol. The van der Waals surface area contributed by atoms with Gasteiger partial charge in [-0.1, -0.05) is 42.5 Å². The van der Waals surface area contributed by atoms with E-state index in [9.17, 15) is 23.1 Å². The Kier molecular flexibility index (Phi) is 5.00. The number of aliphatic hydroxyl groups is 1.